The molecule has 0 aliphatic carbocycles. The average Bonchev–Trinajstić information content (AvgIpc) is 2.62. The zero-order valence-corrected chi connectivity index (χ0v) is 15.5. The van der Waals surface area contributed by atoms with Crippen molar-refractivity contribution in [2.75, 3.05) is 13.7 Å². The van der Waals surface area contributed by atoms with E-state index in [1.807, 2.05) is 18.2 Å². The van der Waals surface area contributed by atoms with Crippen molar-refractivity contribution in [1.82, 2.24) is 4.98 Å². The van der Waals surface area contributed by atoms with E-state index in [4.69, 9.17) is 9.47 Å². The predicted octanol–water partition coefficient (Wildman–Crippen LogP) is 4.14. The van der Waals surface area contributed by atoms with Crippen LogP contribution in [0.3, 0.4) is 0 Å². The molecule has 0 radical (unpaired) electrons. The number of ether oxygens (including phenoxy) is 2. The highest BCUT2D eigenvalue weighted by atomic mass is 16.5. The predicted molar refractivity (Wildman–Crippen MR) is 103 cm³/mol. The Bertz CT molecular complexity index is 891. The molecule has 26 heavy (non-hydrogen) atoms. The van der Waals surface area contributed by atoms with Crippen LogP contribution in [-0.4, -0.2) is 18.7 Å². The number of aromatic nitrogens is 1. The molecule has 0 unspecified atom stereocenters. The van der Waals surface area contributed by atoms with Crippen molar-refractivity contribution in [3.63, 3.8) is 0 Å². The molecule has 136 valence electrons. The van der Waals surface area contributed by atoms with Crippen molar-refractivity contribution in [2.24, 2.45) is 0 Å². The smallest absolute Gasteiger partial charge is 0.266 e. The average molecular weight is 352 g/mol. The summed E-state index contributed by atoms with van der Waals surface area (Å²) in [5.41, 5.74) is 2.62. The Morgan fingerprint density at radius 2 is 2.12 bits per heavy atom. The molecule has 5 heteroatoms. The molecule has 2 aromatic rings. The van der Waals surface area contributed by atoms with Gasteiger partial charge < -0.3 is 14.5 Å². The van der Waals surface area contributed by atoms with Crippen LogP contribution in [0, 0.1) is 18.3 Å². The second-order valence-electron chi connectivity index (χ2n) is 6.04. The maximum Gasteiger partial charge on any atom is 0.266 e. The normalized spacial score (nSPS) is 10.2. The summed E-state index contributed by atoms with van der Waals surface area (Å²) in [6.07, 6.45) is 4.37. The van der Waals surface area contributed by atoms with E-state index in [-0.39, 0.29) is 5.56 Å². The minimum atomic E-state index is -0.394. The Labute approximate surface area is 153 Å². The topological polar surface area (TPSA) is 75.1 Å². The lowest BCUT2D eigenvalue weighted by Crippen LogP contribution is -2.13. The lowest BCUT2D eigenvalue weighted by atomic mass is 9.97. The third kappa shape index (κ3) is 4.15. The maximum atomic E-state index is 12.1. The third-order valence-electron chi connectivity index (χ3n) is 4.05. The van der Waals surface area contributed by atoms with Gasteiger partial charge in [0.1, 0.15) is 11.6 Å². The van der Waals surface area contributed by atoms with Gasteiger partial charge in [0.2, 0.25) is 0 Å². The standard InChI is InChI=1S/C21H24N2O3/c1-5-7-9-26-20-15(8-6-2)11-16(12-19(20)25-4)17-10-14(3)23-21(24)18(17)13-22/h6,10-12H,2,5,7-9H2,1,3-4H3,(H,23,24). The Morgan fingerprint density at radius 1 is 1.35 bits per heavy atom. The molecule has 0 atom stereocenters. The van der Waals surface area contributed by atoms with Gasteiger partial charge in [0.05, 0.1) is 13.7 Å². The Morgan fingerprint density at radius 3 is 2.73 bits per heavy atom. The summed E-state index contributed by atoms with van der Waals surface area (Å²) in [6, 6.07) is 7.53. The largest absolute Gasteiger partial charge is 0.493 e. The molecule has 2 rings (SSSR count). The molecule has 0 amide bonds. The van der Waals surface area contributed by atoms with E-state index in [9.17, 15) is 10.1 Å². The van der Waals surface area contributed by atoms with E-state index in [1.165, 1.54) is 0 Å². The van der Waals surface area contributed by atoms with Crippen molar-refractivity contribution >= 4 is 0 Å². The van der Waals surface area contributed by atoms with Gasteiger partial charge in [-0.25, -0.2) is 0 Å². The molecule has 0 aliphatic rings. The Kier molecular flexibility index (Phi) is 6.62. The summed E-state index contributed by atoms with van der Waals surface area (Å²) in [6.45, 7) is 8.30. The number of hydrogen-bond donors (Lipinski definition) is 1. The first-order chi connectivity index (χ1) is 12.5. The molecule has 0 spiro atoms. The summed E-state index contributed by atoms with van der Waals surface area (Å²) in [5, 5.41) is 9.41. The fourth-order valence-corrected chi connectivity index (χ4v) is 2.78. The lowest BCUT2D eigenvalue weighted by molar-refractivity contribution is 0.286. The van der Waals surface area contributed by atoms with Crippen LogP contribution in [0.1, 0.15) is 36.6 Å². The summed E-state index contributed by atoms with van der Waals surface area (Å²) >= 11 is 0. The molecule has 1 heterocycles. The number of rotatable bonds is 8. The molecule has 0 saturated heterocycles. The van der Waals surface area contributed by atoms with E-state index >= 15 is 0 Å². The molecule has 5 nitrogen and oxygen atoms in total. The highest BCUT2D eigenvalue weighted by Gasteiger charge is 2.17. The van der Waals surface area contributed by atoms with Gasteiger partial charge in [-0.3, -0.25) is 4.79 Å². The van der Waals surface area contributed by atoms with Crippen molar-refractivity contribution in [3.05, 3.63) is 58.0 Å². The second-order valence-corrected chi connectivity index (χ2v) is 6.04. The number of nitriles is 1. The van der Waals surface area contributed by atoms with Gasteiger partial charge in [0.15, 0.2) is 11.5 Å². The maximum absolute atomic E-state index is 12.1. The number of benzene rings is 1. The number of nitrogens with zero attached hydrogens (tertiary/aromatic N) is 1. The number of pyridine rings is 1. The van der Waals surface area contributed by atoms with Crippen molar-refractivity contribution in [2.45, 2.75) is 33.1 Å². The zero-order chi connectivity index (χ0) is 19.1. The number of aryl methyl sites for hydroxylation is 1. The van der Waals surface area contributed by atoms with Crippen molar-refractivity contribution < 1.29 is 9.47 Å². The molecule has 0 aliphatic heterocycles. The van der Waals surface area contributed by atoms with Crippen LogP contribution in [0.25, 0.3) is 11.1 Å². The van der Waals surface area contributed by atoms with Crippen LogP contribution < -0.4 is 15.0 Å². The van der Waals surface area contributed by atoms with Gasteiger partial charge in [-0.05, 0) is 43.5 Å². The van der Waals surface area contributed by atoms with E-state index in [1.54, 1.807) is 26.2 Å². The number of nitrogens with one attached hydrogen (secondary N) is 1. The van der Waals surface area contributed by atoms with Crippen molar-refractivity contribution in [1.29, 1.82) is 5.26 Å². The first-order valence-corrected chi connectivity index (χ1v) is 8.64. The van der Waals surface area contributed by atoms with E-state index in [0.29, 0.717) is 35.8 Å². The number of H-pyrrole nitrogens is 1. The van der Waals surface area contributed by atoms with Crippen LogP contribution >= 0.6 is 0 Å². The minimum absolute atomic E-state index is 0.0851. The van der Waals surface area contributed by atoms with E-state index < -0.39 is 5.56 Å². The molecule has 1 N–H and O–H groups in total. The van der Waals surface area contributed by atoms with Crippen LogP contribution in [0.5, 0.6) is 11.5 Å². The third-order valence-corrected chi connectivity index (χ3v) is 4.05. The van der Waals surface area contributed by atoms with Crippen LogP contribution in [0.2, 0.25) is 0 Å². The molecule has 0 fully saturated rings. The molecular weight excluding hydrogens is 328 g/mol. The molecule has 1 aromatic heterocycles. The van der Waals surface area contributed by atoms with Crippen LogP contribution in [0.15, 0.2) is 35.6 Å². The highest BCUT2D eigenvalue weighted by Crippen LogP contribution is 2.37. The first-order valence-electron chi connectivity index (χ1n) is 8.64. The summed E-state index contributed by atoms with van der Waals surface area (Å²) in [4.78, 5) is 14.8. The second kappa shape index (κ2) is 8.91. The molecule has 0 saturated carbocycles. The van der Waals surface area contributed by atoms with Crippen LogP contribution in [0.4, 0.5) is 0 Å². The van der Waals surface area contributed by atoms with Gasteiger partial charge in [-0.15, -0.1) is 6.58 Å². The SMILES string of the molecule is C=CCc1cc(-c2cc(C)[nH]c(=O)c2C#N)cc(OC)c1OCCCC. The minimum Gasteiger partial charge on any atom is -0.493 e. The Balaban J connectivity index is 2.65. The number of methoxy groups -OCH3 is 1. The number of allylic oxidation sites excluding steroid dienone is 1. The van der Waals surface area contributed by atoms with Gasteiger partial charge in [-0.2, -0.15) is 5.26 Å². The number of unbranched alkanes of at least 4 members (excludes halogenated alkanes) is 1. The summed E-state index contributed by atoms with van der Waals surface area (Å²) < 4.78 is 11.5. The summed E-state index contributed by atoms with van der Waals surface area (Å²) in [7, 11) is 1.58. The van der Waals surface area contributed by atoms with Gasteiger partial charge in [0, 0.05) is 16.8 Å². The number of aromatic amines is 1. The number of hydrogen-bond acceptors (Lipinski definition) is 4. The quantitative estimate of drug-likeness (QED) is 0.572. The Hall–Kier alpha value is -3.00. The monoisotopic (exact) mass is 352 g/mol. The van der Waals surface area contributed by atoms with E-state index in [2.05, 4.69) is 18.5 Å². The molecular formula is C21H24N2O3. The van der Waals surface area contributed by atoms with Crippen LogP contribution in [-0.2, 0) is 6.42 Å². The molecule has 0 bridgehead atoms. The first kappa shape index (κ1) is 19.3. The fraction of sp³-hybridized carbons (Fsp3) is 0.333. The molecule has 1 aromatic carbocycles. The summed E-state index contributed by atoms with van der Waals surface area (Å²) in [5.74, 6) is 1.27. The zero-order valence-electron chi connectivity index (χ0n) is 15.5. The van der Waals surface area contributed by atoms with Gasteiger partial charge in [0.25, 0.3) is 5.56 Å². The lowest BCUT2D eigenvalue weighted by Gasteiger charge is -2.17. The van der Waals surface area contributed by atoms with E-state index in [0.717, 1.165) is 24.0 Å². The van der Waals surface area contributed by atoms with Gasteiger partial charge >= 0.3 is 0 Å². The highest BCUT2D eigenvalue weighted by molar-refractivity contribution is 5.74. The van der Waals surface area contributed by atoms with Crippen molar-refractivity contribution in [3.8, 4) is 28.7 Å². The fourth-order valence-electron chi connectivity index (χ4n) is 2.78. The van der Waals surface area contributed by atoms with Gasteiger partial charge in [-0.1, -0.05) is 19.4 Å².